The fourth-order valence-electron chi connectivity index (χ4n) is 2.22. The molecule has 2 amide bonds. The molecule has 26 heavy (non-hydrogen) atoms. The number of rotatable bonds is 8. The molecule has 0 saturated carbocycles. The van der Waals surface area contributed by atoms with Gasteiger partial charge in [0.15, 0.2) is 18.1 Å². The maximum absolute atomic E-state index is 11.9. The van der Waals surface area contributed by atoms with E-state index in [1.807, 2.05) is 19.9 Å². The lowest BCUT2D eigenvalue weighted by atomic mass is 10.2. The van der Waals surface area contributed by atoms with E-state index in [4.69, 9.17) is 15.2 Å². The second-order valence-electron chi connectivity index (χ2n) is 5.54. The summed E-state index contributed by atoms with van der Waals surface area (Å²) in [7, 11) is 1.48. The molecule has 0 bridgehead atoms. The Morgan fingerprint density at radius 1 is 1.31 bits per heavy atom. The molecule has 0 unspecified atom stereocenters. The number of carbonyl (C=O) groups excluding carboxylic acids is 2. The predicted octanol–water partition coefficient (Wildman–Crippen LogP) is 0.523. The van der Waals surface area contributed by atoms with Crippen molar-refractivity contribution in [2.75, 3.05) is 13.7 Å². The number of hydrazone groups is 1. The van der Waals surface area contributed by atoms with Gasteiger partial charge in [-0.15, -0.1) is 0 Å². The van der Waals surface area contributed by atoms with Gasteiger partial charge in [-0.3, -0.25) is 14.3 Å². The lowest BCUT2D eigenvalue weighted by Gasteiger charge is -2.09. The molecule has 0 radical (unpaired) electrons. The lowest BCUT2D eigenvalue weighted by molar-refractivity contribution is -0.122. The van der Waals surface area contributed by atoms with Crippen molar-refractivity contribution in [2.24, 2.45) is 10.8 Å². The quantitative estimate of drug-likeness (QED) is 0.526. The van der Waals surface area contributed by atoms with Crippen LogP contribution < -0.4 is 20.6 Å². The second-order valence-corrected chi connectivity index (χ2v) is 5.54. The SMILES string of the molecule is COc1cc(/C=N\NC(=O)Cn2nc(C)cc2C)ccc1OCC(N)=O. The molecule has 0 aliphatic rings. The highest BCUT2D eigenvalue weighted by Gasteiger charge is 2.08. The first-order valence-corrected chi connectivity index (χ1v) is 7.81. The Morgan fingerprint density at radius 2 is 2.08 bits per heavy atom. The van der Waals surface area contributed by atoms with E-state index in [0.717, 1.165) is 11.4 Å². The van der Waals surface area contributed by atoms with E-state index in [-0.39, 0.29) is 19.1 Å². The van der Waals surface area contributed by atoms with E-state index >= 15 is 0 Å². The summed E-state index contributed by atoms with van der Waals surface area (Å²) in [6, 6.07) is 6.88. The molecule has 9 heteroatoms. The average Bonchev–Trinajstić information content (AvgIpc) is 2.90. The van der Waals surface area contributed by atoms with Gasteiger partial charge in [-0.05, 0) is 43.7 Å². The number of ether oxygens (including phenoxy) is 2. The van der Waals surface area contributed by atoms with Crippen LogP contribution in [0.2, 0.25) is 0 Å². The van der Waals surface area contributed by atoms with Crippen molar-refractivity contribution in [3.63, 3.8) is 0 Å². The third kappa shape index (κ3) is 5.33. The van der Waals surface area contributed by atoms with E-state index in [2.05, 4.69) is 15.6 Å². The zero-order valence-electron chi connectivity index (χ0n) is 14.9. The summed E-state index contributed by atoms with van der Waals surface area (Å²) < 4.78 is 12.1. The van der Waals surface area contributed by atoms with Crippen molar-refractivity contribution in [1.82, 2.24) is 15.2 Å². The third-order valence-electron chi connectivity index (χ3n) is 3.36. The number of hydrogen-bond donors (Lipinski definition) is 2. The number of aryl methyl sites for hydroxylation is 2. The van der Waals surface area contributed by atoms with Crippen molar-refractivity contribution in [1.29, 1.82) is 0 Å². The van der Waals surface area contributed by atoms with Crippen LogP contribution in [0, 0.1) is 13.8 Å². The molecule has 1 aromatic heterocycles. The summed E-state index contributed by atoms with van der Waals surface area (Å²) in [6.45, 7) is 3.58. The monoisotopic (exact) mass is 359 g/mol. The van der Waals surface area contributed by atoms with Crippen molar-refractivity contribution in [2.45, 2.75) is 20.4 Å². The predicted molar refractivity (Wildman–Crippen MR) is 95.1 cm³/mol. The third-order valence-corrected chi connectivity index (χ3v) is 3.36. The molecule has 0 spiro atoms. The van der Waals surface area contributed by atoms with Gasteiger partial charge in [0, 0.05) is 5.69 Å². The Kier molecular flexibility index (Phi) is 6.31. The van der Waals surface area contributed by atoms with Gasteiger partial charge in [0.05, 0.1) is 19.0 Å². The van der Waals surface area contributed by atoms with Crippen molar-refractivity contribution in [3.8, 4) is 11.5 Å². The van der Waals surface area contributed by atoms with Crippen molar-refractivity contribution in [3.05, 3.63) is 41.2 Å². The first-order valence-electron chi connectivity index (χ1n) is 7.81. The number of nitrogens with two attached hydrogens (primary N) is 1. The zero-order valence-corrected chi connectivity index (χ0v) is 14.9. The molecular weight excluding hydrogens is 338 g/mol. The highest BCUT2D eigenvalue weighted by Crippen LogP contribution is 2.27. The molecule has 3 N–H and O–H groups in total. The number of methoxy groups -OCH3 is 1. The molecule has 2 rings (SSSR count). The normalized spacial score (nSPS) is 10.7. The zero-order chi connectivity index (χ0) is 19.1. The molecule has 9 nitrogen and oxygen atoms in total. The molecule has 1 heterocycles. The number of aromatic nitrogens is 2. The maximum Gasteiger partial charge on any atom is 0.261 e. The second kappa shape index (κ2) is 8.65. The molecule has 0 aliphatic carbocycles. The van der Waals surface area contributed by atoms with E-state index < -0.39 is 5.91 Å². The van der Waals surface area contributed by atoms with E-state index in [1.54, 1.807) is 22.9 Å². The van der Waals surface area contributed by atoms with Gasteiger partial charge >= 0.3 is 0 Å². The molecule has 0 fully saturated rings. The smallest absolute Gasteiger partial charge is 0.261 e. The highest BCUT2D eigenvalue weighted by molar-refractivity contribution is 5.83. The van der Waals surface area contributed by atoms with E-state index in [0.29, 0.717) is 17.1 Å². The molecular formula is C17H21N5O4. The Labute approximate surface area is 150 Å². The Morgan fingerprint density at radius 3 is 2.69 bits per heavy atom. The molecule has 138 valence electrons. The largest absolute Gasteiger partial charge is 0.493 e. The number of amides is 2. The summed E-state index contributed by atoms with van der Waals surface area (Å²) >= 11 is 0. The summed E-state index contributed by atoms with van der Waals surface area (Å²) in [4.78, 5) is 22.7. The van der Waals surface area contributed by atoms with Crippen molar-refractivity contribution < 1.29 is 19.1 Å². The standard InChI is InChI=1S/C17H21N5O4/c1-11-6-12(2)22(21-11)9-17(24)20-19-8-13-4-5-14(15(7-13)25-3)26-10-16(18)23/h4-8H,9-10H2,1-3H3,(H2,18,23)(H,20,24)/b19-8-. The summed E-state index contributed by atoms with van der Waals surface area (Å²) in [6.07, 6.45) is 1.47. The minimum absolute atomic E-state index is 0.0836. The van der Waals surface area contributed by atoms with Gasteiger partial charge < -0.3 is 15.2 Å². The van der Waals surface area contributed by atoms with Gasteiger partial charge in [-0.2, -0.15) is 10.2 Å². The Bertz CT molecular complexity index is 829. The molecule has 0 aliphatic heterocycles. The molecule has 1 aromatic carbocycles. The molecule has 2 aromatic rings. The number of hydrogen-bond acceptors (Lipinski definition) is 6. The first-order chi connectivity index (χ1) is 12.4. The number of nitrogens with zero attached hydrogens (tertiary/aromatic N) is 3. The minimum atomic E-state index is -0.581. The van der Waals surface area contributed by atoms with Gasteiger partial charge in [-0.1, -0.05) is 0 Å². The topological polar surface area (TPSA) is 121 Å². The van der Waals surface area contributed by atoms with Crippen LogP contribution in [0.4, 0.5) is 0 Å². The van der Waals surface area contributed by atoms with Crippen LogP contribution in [0.3, 0.4) is 0 Å². The number of carbonyl (C=O) groups is 2. The fourth-order valence-corrected chi connectivity index (χ4v) is 2.22. The van der Waals surface area contributed by atoms with Gasteiger partial charge in [0.1, 0.15) is 6.54 Å². The lowest BCUT2D eigenvalue weighted by Crippen LogP contribution is -2.24. The fraction of sp³-hybridized carbons (Fsp3) is 0.294. The van der Waals surface area contributed by atoms with E-state index in [9.17, 15) is 9.59 Å². The Balaban J connectivity index is 1.95. The van der Waals surface area contributed by atoms with E-state index in [1.165, 1.54) is 13.3 Å². The van der Waals surface area contributed by atoms with Gasteiger partial charge in [-0.25, -0.2) is 5.43 Å². The minimum Gasteiger partial charge on any atom is -0.493 e. The van der Waals surface area contributed by atoms with Crippen LogP contribution >= 0.6 is 0 Å². The molecule has 0 saturated heterocycles. The highest BCUT2D eigenvalue weighted by atomic mass is 16.5. The number of benzene rings is 1. The maximum atomic E-state index is 11.9. The van der Waals surface area contributed by atoms with Crippen molar-refractivity contribution >= 4 is 18.0 Å². The van der Waals surface area contributed by atoms with Crippen LogP contribution in [0.25, 0.3) is 0 Å². The number of nitrogens with one attached hydrogen (secondary N) is 1. The summed E-state index contributed by atoms with van der Waals surface area (Å²) in [5.41, 5.74) is 9.93. The number of primary amides is 1. The van der Waals surface area contributed by atoms with Gasteiger partial charge in [0.25, 0.3) is 11.8 Å². The average molecular weight is 359 g/mol. The van der Waals surface area contributed by atoms with Crippen LogP contribution in [0.15, 0.2) is 29.4 Å². The first kappa shape index (κ1) is 19.0. The van der Waals surface area contributed by atoms with Crippen LogP contribution in [0.5, 0.6) is 11.5 Å². The summed E-state index contributed by atoms with van der Waals surface area (Å²) in [5, 5.41) is 8.14. The Hall–Kier alpha value is -3.36. The summed E-state index contributed by atoms with van der Waals surface area (Å²) in [5.74, 6) is -0.0648. The molecule has 0 atom stereocenters. The van der Waals surface area contributed by atoms with Gasteiger partial charge in [0.2, 0.25) is 0 Å². The van der Waals surface area contributed by atoms with Crippen LogP contribution in [-0.2, 0) is 16.1 Å². The van der Waals surface area contributed by atoms with Crippen LogP contribution in [0.1, 0.15) is 17.0 Å². The van der Waals surface area contributed by atoms with Crippen LogP contribution in [-0.4, -0.2) is 41.5 Å².